The van der Waals surface area contributed by atoms with Gasteiger partial charge in [0.15, 0.2) is 0 Å². The largest absolute Gasteiger partial charge is 1.00 e. The molecule has 1 atom stereocenters. The second kappa shape index (κ2) is 8.00. The summed E-state index contributed by atoms with van der Waals surface area (Å²) < 4.78 is 28.1. The van der Waals surface area contributed by atoms with E-state index in [1.807, 2.05) is 0 Å². The van der Waals surface area contributed by atoms with Crippen LogP contribution >= 0.6 is 10.8 Å². The van der Waals surface area contributed by atoms with E-state index >= 15 is 0 Å². The molecule has 0 aliphatic carbocycles. The predicted octanol–water partition coefficient (Wildman–Crippen LogP) is -6.22. The summed E-state index contributed by atoms with van der Waals surface area (Å²) in [6, 6.07) is -1.39. The molecular formula is C3H8NNaO6S2. The van der Waals surface area contributed by atoms with E-state index < -0.39 is 26.9 Å². The van der Waals surface area contributed by atoms with Crippen molar-refractivity contribution in [3.63, 3.8) is 0 Å². The first-order chi connectivity index (χ1) is 4.83. The molecule has 0 aliphatic heterocycles. The number of carbonyl (C=O) groups is 1. The van der Waals surface area contributed by atoms with E-state index in [0.29, 0.717) is 0 Å². The summed E-state index contributed by atoms with van der Waals surface area (Å²) in [7, 11) is -4.16. The maximum Gasteiger partial charge on any atom is 1.00 e. The molecule has 0 spiro atoms. The minimum absolute atomic E-state index is 0. The molecule has 0 amide bonds. The number of aliphatic carboxylic acids is 1. The Bertz CT molecular complexity index is 240. The van der Waals surface area contributed by atoms with Gasteiger partial charge in [0.05, 0.1) is 12.0 Å². The zero-order valence-electron chi connectivity index (χ0n) is 6.76. The van der Waals surface area contributed by atoms with Gasteiger partial charge in [-0.05, 0) is 10.8 Å². The molecule has 0 bridgehead atoms. The van der Waals surface area contributed by atoms with E-state index in [0.717, 1.165) is 0 Å². The van der Waals surface area contributed by atoms with E-state index in [1.165, 1.54) is 0 Å². The molecule has 10 heteroatoms. The molecule has 0 aromatic heterocycles. The van der Waals surface area contributed by atoms with Crippen LogP contribution in [-0.2, 0) is 13.9 Å². The van der Waals surface area contributed by atoms with Gasteiger partial charge in [0.25, 0.3) is 0 Å². The summed E-state index contributed by atoms with van der Waals surface area (Å²) in [5.41, 5.74) is 4.87. The smallest absolute Gasteiger partial charge is 0.548 e. The van der Waals surface area contributed by atoms with Crippen molar-refractivity contribution in [3.05, 3.63) is 0 Å². The molecule has 74 valence electrons. The molecule has 0 heterocycles. The van der Waals surface area contributed by atoms with E-state index in [9.17, 15) is 18.3 Å². The zero-order valence-corrected chi connectivity index (χ0v) is 10.4. The van der Waals surface area contributed by atoms with Crippen molar-refractivity contribution in [2.24, 2.45) is 5.73 Å². The normalized spacial score (nSPS) is 12.2. The van der Waals surface area contributed by atoms with Crippen LogP contribution in [0.15, 0.2) is 0 Å². The first-order valence-corrected chi connectivity index (χ1v) is 5.35. The third-order valence-corrected chi connectivity index (χ3v) is 2.79. The average Bonchev–Trinajstić information content (AvgIpc) is 1.80. The van der Waals surface area contributed by atoms with Crippen LogP contribution in [0, 0.1) is 0 Å². The van der Waals surface area contributed by atoms with Gasteiger partial charge < -0.3 is 21.1 Å². The second-order valence-corrected chi connectivity index (χ2v) is 5.03. The molecule has 13 heavy (non-hydrogen) atoms. The summed E-state index contributed by atoms with van der Waals surface area (Å²) in [5.74, 6) is -1.98. The standard InChI is InChI=1S/C3H7NO5S2.Na.H2O/c4-2(3(5)6)1-10-11(7,8)9;;/h2H,1,4H2,(H,5,6)(H,7,8,9);;1H2/q;+1;/p-1/t2-;;/m0../s1. The molecule has 0 fully saturated rings. The Labute approximate surface area is 101 Å². The van der Waals surface area contributed by atoms with Crippen LogP contribution in [0.4, 0.5) is 0 Å². The third-order valence-electron chi connectivity index (χ3n) is 0.699. The van der Waals surface area contributed by atoms with Crippen molar-refractivity contribution in [1.29, 1.82) is 0 Å². The summed E-state index contributed by atoms with van der Waals surface area (Å²) in [6.45, 7) is 0. The summed E-state index contributed by atoms with van der Waals surface area (Å²) in [5, 5.41) is 9.89. The SMILES string of the molecule is N[C@@H](CSS(=O)(=O)O)C(=O)[O-].O.[Na+]. The molecule has 0 rings (SSSR count). The van der Waals surface area contributed by atoms with Crippen molar-refractivity contribution >= 4 is 25.9 Å². The van der Waals surface area contributed by atoms with Gasteiger partial charge in [-0.1, -0.05) is 0 Å². The quantitative estimate of drug-likeness (QED) is 0.282. The number of carboxylic acids is 1. The Morgan fingerprint density at radius 2 is 2.00 bits per heavy atom. The van der Waals surface area contributed by atoms with Crippen LogP contribution in [0.3, 0.4) is 0 Å². The maximum atomic E-state index is 10.0. The topological polar surface area (TPSA) is 152 Å². The molecule has 7 nitrogen and oxygen atoms in total. The van der Waals surface area contributed by atoms with Crippen molar-refractivity contribution in [2.75, 3.05) is 5.75 Å². The van der Waals surface area contributed by atoms with E-state index in [-0.39, 0.29) is 45.8 Å². The number of nitrogens with two attached hydrogens (primary N) is 1. The number of rotatable bonds is 4. The fourth-order valence-electron chi connectivity index (χ4n) is 0.227. The van der Waals surface area contributed by atoms with E-state index in [2.05, 4.69) is 0 Å². The minimum atomic E-state index is -4.21. The van der Waals surface area contributed by atoms with Gasteiger partial charge in [-0.3, -0.25) is 4.55 Å². The van der Waals surface area contributed by atoms with Gasteiger partial charge in [0.1, 0.15) is 0 Å². The van der Waals surface area contributed by atoms with Crippen LogP contribution in [0.1, 0.15) is 0 Å². The van der Waals surface area contributed by atoms with Gasteiger partial charge in [-0.15, -0.1) is 0 Å². The number of carboxylic acid groups (broad SMARTS) is 1. The molecule has 0 radical (unpaired) electrons. The van der Waals surface area contributed by atoms with Gasteiger partial charge in [-0.2, -0.15) is 8.42 Å². The molecule has 0 unspecified atom stereocenters. The van der Waals surface area contributed by atoms with Crippen LogP contribution in [0.2, 0.25) is 0 Å². The zero-order chi connectivity index (χ0) is 9.07. The Morgan fingerprint density at radius 1 is 1.62 bits per heavy atom. The van der Waals surface area contributed by atoms with Crippen LogP contribution in [0.25, 0.3) is 0 Å². The Hall–Kier alpha value is 0.650. The van der Waals surface area contributed by atoms with Crippen molar-refractivity contribution < 1.29 is 57.9 Å². The van der Waals surface area contributed by atoms with Crippen molar-refractivity contribution in [1.82, 2.24) is 0 Å². The van der Waals surface area contributed by atoms with E-state index in [4.69, 9.17) is 10.3 Å². The van der Waals surface area contributed by atoms with Gasteiger partial charge in [0, 0.05) is 5.75 Å². The Kier molecular flexibility index (Phi) is 11.9. The summed E-state index contributed by atoms with van der Waals surface area (Å²) >= 11 is 0. The van der Waals surface area contributed by atoms with Crippen molar-refractivity contribution in [2.45, 2.75) is 6.04 Å². The van der Waals surface area contributed by atoms with Crippen molar-refractivity contribution in [3.8, 4) is 0 Å². The molecule has 0 aliphatic rings. The molecule has 0 saturated heterocycles. The molecular weight excluding hydrogens is 233 g/mol. The van der Waals surface area contributed by atoms with Gasteiger partial charge in [0.2, 0.25) is 0 Å². The monoisotopic (exact) mass is 241 g/mol. The Balaban J connectivity index is -0.000000500. The van der Waals surface area contributed by atoms with Gasteiger partial charge in [-0.25, -0.2) is 0 Å². The van der Waals surface area contributed by atoms with E-state index in [1.54, 1.807) is 0 Å². The summed E-state index contributed by atoms with van der Waals surface area (Å²) in [6.07, 6.45) is 0. The fourth-order valence-corrected chi connectivity index (χ4v) is 1.64. The second-order valence-electron chi connectivity index (χ2n) is 1.64. The first-order valence-electron chi connectivity index (χ1n) is 2.41. The number of hydrogen-bond donors (Lipinski definition) is 2. The number of hydrogen-bond acceptors (Lipinski definition) is 6. The third kappa shape index (κ3) is 12.6. The molecule has 5 N–H and O–H groups in total. The molecule has 0 aromatic rings. The van der Waals surface area contributed by atoms with Crippen LogP contribution in [-0.4, -0.2) is 36.2 Å². The number of carbonyl (C=O) groups excluding carboxylic acids is 1. The summed E-state index contributed by atoms with van der Waals surface area (Å²) in [4.78, 5) is 9.89. The first kappa shape index (κ1) is 19.3. The fraction of sp³-hybridized carbons (Fsp3) is 0.667. The maximum absolute atomic E-state index is 10.0. The molecule has 0 aromatic carbocycles. The van der Waals surface area contributed by atoms with Crippen LogP contribution < -0.4 is 40.4 Å². The Morgan fingerprint density at radius 3 is 2.23 bits per heavy atom. The van der Waals surface area contributed by atoms with Gasteiger partial charge >= 0.3 is 38.7 Å². The molecule has 0 saturated carbocycles. The minimum Gasteiger partial charge on any atom is -0.548 e. The van der Waals surface area contributed by atoms with Crippen LogP contribution in [0.5, 0.6) is 0 Å². The predicted molar refractivity (Wildman–Crippen MR) is 40.6 cm³/mol. The average molecular weight is 241 g/mol.